The van der Waals surface area contributed by atoms with Gasteiger partial charge < -0.3 is 10.2 Å². The molecule has 2 unspecified atom stereocenters. The van der Waals surface area contributed by atoms with Gasteiger partial charge in [-0.2, -0.15) is 0 Å². The average molecular weight is 322 g/mol. The number of benzene rings is 2. The summed E-state index contributed by atoms with van der Waals surface area (Å²) < 4.78 is 0. The van der Waals surface area contributed by atoms with Crippen LogP contribution in [0.5, 0.6) is 0 Å². The molecule has 0 bridgehead atoms. The average Bonchev–Trinajstić information content (AvgIpc) is 2.62. The molecule has 0 saturated carbocycles. The molecule has 2 aromatic carbocycles. The van der Waals surface area contributed by atoms with E-state index in [1.165, 1.54) is 0 Å². The van der Waals surface area contributed by atoms with Crippen molar-refractivity contribution in [3.63, 3.8) is 0 Å². The first kappa shape index (κ1) is 16.6. The number of amides is 1. The maximum Gasteiger partial charge on any atom is 0.258 e. The van der Waals surface area contributed by atoms with Crippen LogP contribution in [0.15, 0.2) is 54.6 Å². The molecular formula is C21H26N2O. The van der Waals surface area contributed by atoms with Crippen molar-refractivity contribution >= 4 is 11.6 Å². The maximum atomic E-state index is 13.4. The van der Waals surface area contributed by atoms with Crippen molar-refractivity contribution in [1.82, 2.24) is 4.90 Å². The second-order valence-electron chi connectivity index (χ2n) is 6.58. The largest absolute Gasteiger partial charge is 0.358 e. The van der Waals surface area contributed by atoms with E-state index in [1.54, 1.807) is 0 Å². The van der Waals surface area contributed by atoms with E-state index in [1.807, 2.05) is 42.5 Å². The third-order valence-electron chi connectivity index (χ3n) is 5.02. The van der Waals surface area contributed by atoms with Crippen molar-refractivity contribution in [1.29, 1.82) is 0 Å². The summed E-state index contributed by atoms with van der Waals surface area (Å²) in [7, 11) is 0. The Morgan fingerprint density at radius 2 is 1.71 bits per heavy atom. The molecular weight excluding hydrogens is 296 g/mol. The number of hydrogen-bond acceptors (Lipinski definition) is 2. The van der Waals surface area contributed by atoms with Gasteiger partial charge in [0.1, 0.15) is 5.66 Å². The molecule has 0 aliphatic carbocycles. The predicted molar refractivity (Wildman–Crippen MR) is 99.0 cm³/mol. The van der Waals surface area contributed by atoms with Gasteiger partial charge in [0, 0.05) is 11.7 Å². The van der Waals surface area contributed by atoms with Crippen LogP contribution < -0.4 is 5.32 Å². The summed E-state index contributed by atoms with van der Waals surface area (Å²) in [4.78, 5) is 15.4. The quantitative estimate of drug-likeness (QED) is 0.839. The fourth-order valence-electron chi connectivity index (χ4n) is 3.74. The zero-order chi connectivity index (χ0) is 17.2. The monoisotopic (exact) mass is 322 g/mol. The van der Waals surface area contributed by atoms with E-state index in [-0.39, 0.29) is 11.9 Å². The van der Waals surface area contributed by atoms with E-state index in [0.29, 0.717) is 0 Å². The number of nitrogens with zero attached hydrogens (tertiary/aromatic N) is 1. The molecule has 24 heavy (non-hydrogen) atoms. The van der Waals surface area contributed by atoms with Gasteiger partial charge in [-0.15, -0.1) is 0 Å². The highest BCUT2D eigenvalue weighted by atomic mass is 16.2. The second-order valence-corrected chi connectivity index (χ2v) is 6.58. The number of rotatable bonds is 5. The van der Waals surface area contributed by atoms with Gasteiger partial charge in [0.2, 0.25) is 0 Å². The number of nitrogens with one attached hydrogen (secondary N) is 1. The van der Waals surface area contributed by atoms with Gasteiger partial charge in [-0.1, -0.05) is 62.7 Å². The molecule has 1 aliphatic rings. The van der Waals surface area contributed by atoms with Gasteiger partial charge in [0.25, 0.3) is 5.91 Å². The van der Waals surface area contributed by atoms with E-state index in [2.05, 4.69) is 43.1 Å². The standard InChI is InChI=1S/C21H26N2O/c1-4-15-21(17-11-7-6-8-12-17)22-19-14-10-9-13-18(19)20(24)23(21)16(3)5-2/h6-14,16,22H,4-5,15H2,1-3H3. The predicted octanol–water partition coefficient (Wildman–Crippen LogP) is 5.01. The van der Waals surface area contributed by atoms with E-state index >= 15 is 0 Å². The Hall–Kier alpha value is -2.29. The van der Waals surface area contributed by atoms with Gasteiger partial charge in [0.15, 0.2) is 0 Å². The van der Waals surface area contributed by atoms with Crippen LogP contribution in [0.1, 0.15) is 56.0 Å². The SMILES string of the molecule is CCCC1(c2ccccc2)Nc2ccccc2C(=O)N1C(C)CC. The highest BCUT2D eigenvalue weighted by Gasteiger charge is 2.46. The summed E-state index contributed by atoms with van der Waals surface area (Å²) in [6, 6.07) is 18.4. The van der Waals surface area contributed by atoms with Crippen molar-refractivity contribution in [3.05, 3.63) is 65.7 Å². The number of para-hydroxylation sites is 1. The van der Waals surface area contributed by atoms with Gasteiger partial charge in [-0.25, -0.2) is 0 Å². The summed E-state index contributed by atoms with van der Waals surface area (Å²) in [5.74, 6) is 0.121. The van der Waals surface area contributed by atoms with Crippen LogP contribution in [-0.4, -0.2) is 16.8 Å². The van der Waals surface area contributed by atoms with Crippen molar-refractivity contribution in [2.45, 2.75) is 51.7 Å². The van der Waals surface area contributed by atoms with Crippen LogP contribution in [0, 0.1) is 0 Å². The van der Waals surface area contributed by atoms with E-state index in [0.717, 1.165) is 36.1 Å². The molecule has 1 aliphatic heterocycles. The molecule has 3 nitrogen and oxygen atoms in total. The number of hydrogen-bond donors (Lipinski definition) is 1. The van der Waals surface area contributed by atoms with Crippen LogP contribution in [-0.2, 0) is 5.66 Å². The number of anilines is 1. The zero-order valence-electron chi connectivity index (χ0n) is 14.8. The van der Waals surface area contributed by atoms with Crippen LogP contribution in [0.3, 0.4) is 0 Å². The summed E-state index contributed by atoms with van der Waals surface area (Å²) in [6.45, 7) is 6.45. The second kappa shape index (κ2) is 6.68. The normalized spacial score (nSPS) is 21.1. The van der Waals surface area contributed by atoms with Crippen LogP contribution in [0.4, 0.5) is 5.69 Å². The van der Waals surface area contributed by atoms with Gasteiger partial charge in [0.05, 0.1) is 5.56 Å². The Morgan fingerprint density at radius 3 is 2.38 bits per heavy atom. The highest BCUT2D eigenvalue weighted by molar-refractivity contribution is 6.02. The summed E-state index contributed by atoms with van der Waals surface area (Å²) in [5.41, 5.74) is 2.35. The molecule has 1 N–H and O–H groups in total. The smallest absolute Gasteiger partial charge is 0.258 e. The first-order chi connectivity index (χ1) is 11.6. The molecule has 2 aromatic rings. The minimum Gasteiger partial charge on any atom is -0.358 e. The molecule has 0 spiro atoms. The molecule has 0 saturated heterocycles. The van der Waals surface area contributed by atoms with Crippen LogP contribution in [0.25, 0.3) is 0 Å². The molecule has 126 valence electrons. The van der Waals surface area contributed by atoms with E-state index in [4.69, 9.17) is 0 Å². The molecule has 3 heteroatoms. The summed E-state index contributed by atoms with van der Waals surface area (Å²) in [5, 5.41) is 3.73. The maximum absolute atomic E-state index is 13.4. The lowest BCUT2D eigenvalue weighted by Crippen LogP contribution is -2.60. The third-order valence-corrected chi connectivity index (χ3v) is 5.02. The van der Waals surface area contributed by atoms with Crippen molar-refractivity contribution in [2.24, 2.45) is 0 Å². The third kappa shape index (κ3) is 2.58. The number of fused-ring (bicyclic) bond motifs is 1. The Labute approximate surface area is 144 Å². The number of carbonyl (C=O) groups is 1. The topological polar surface area (TPSA) is 32.3 Å². The molecule has 3 rings (SSSR count). The lowest BCUT2D eigenvalue weighted by atomic mass is 9.86. The van der Waals surface area contributed by atoms with Crippen molar-refractivity contribution in [3.8, 4) is 0 Å². The fourth-order valence-corrected chi connectivity index (χ4v) is 3.74. The van der Waals surface area contributed by atoms with Gasteiger partial charge >= 0.3 is 0 Å². The Bertz CT molecular complexity index is 713. The van der Waals surface area contributed by atoms with Crippen LogP contribution >= 0.6 is 0 Å². The van der Waals surface area contributed by atoms with Gasteiger partial charge in [-0.05, 0) is 37.5 Å². The molecule has 0 aromatic heterocycles. The Balaban J connectivity index is 2.22. The molecule has 0 fully saturated rings. The highest BCUT2D eigenvalue weighted by Crippen LogP contribution is 2.42. The first-order valence-corrected chi connectivity index (χ1v) is 8.90. The van der Waals surface area contributed by atoms with Crippen molar-refractivity contribution in [2.75, 3.05) is 5.32 Å². The minimum atomic E-state index is -0.489. The Morgan fingerprint density at radius 1 is 1.04 bits per heavy atom. The lowest BCUT2D eigenvalue weighted by molar-refractivity contribution is 0.0318. The summed E-state index contributed by atoms with van der Waals surface area (Å²) in [6.07, 6.45) is 2.79. The van der Waals surface area contributed by atoms with Gasteiger partial charge in [-0.3, -0.25) is 4.79 Å². The first-order valence-electron chi connectivity index (χ1n) is 8.90. The Kier molecular flexibility index (Phi) is 4.61. The molecule has 1 amide bonds. The zero-order valence-corrected chi connectivity index (χ0v) is 14.8. The van der Waals surface area contributed by atoms with Crippen LogP contribution in [0.2, 0.25) is 0 Å². The lowest BCUT2D eigenvalue weighted by Gasteiger charge is -2.51. The number of carbonyl (C=O) groups excluding carboxylic acids is 1. The summed E-state index contributed by atoms with van der Waals surface area (Å²) >= 11 is 0. The molecule has 0 radical (unpaired) electrons. The van der Waals surface area contributed by atoms with E-state index in [9.17, 15) is 4.79 Å². The fraction of sp³-hybridized carbons (Fsp3) is 0.381. The molecule has 1 heterocycles. The minimum absolute atomic E-state index is 0.121. The molecule has 2 atom stereocenters. The van der Waals surface area contributed by atoms with E-state index < -0.39 is 5.66 Å². The van der Waals surface area contributed by atoms with Crippen molar-refractivity contribution < 1.29 is 4.79 Å².